The lowest BCUT2D eigenvalue weighted by Gasteiger charge is -2.26. The minimum atomic E-state index is 0.114. The van der Waals surface area contributed by atoms with E-state index in [0.29, 0.717) is 23.5 Å². The first-order valence-corrected chi connectivity index (χ1v) is 12.7. The fraction of sp³-hybridized carbons (Fsp3) is 0.478. The summed E-state index contributed by atoms with van der Waals surface area (Å²) in [5.41, 5.74) is 8.82. The minimum absolute atomic E-state index is 0.114. The quantitative estimate of drug-likeness (QED) is 0.367. The summed E-state index contributed by atoms with van der Waals surface area (Å²) in [6.45, 7) is 10.1. The summed E-state index contributed by atoms with van der Waals surface area (Å²) >= 11 is 3.26. The molecular weight excluding hydrogens is 440 g/mol. The van der Waals surface area contributed by atoms with Gasteiger partial charge in [0.15, 0.2) is 5.16 Å². The largest absolute Gasteiger partial charge is 0.476 e. The summed E-state index contributed by atoms with van der Waals surface area (Å²) in [4.78, 5) is 21.8. The van der Waals surface area contributed by atoms with Crippen LogP contribution in [0, 0.1) is 13.8 Å². The Morgan fingerprint density at radius 1 is 1.16 bits per heavy atom. The lowest BCUT2D eigenvalue weighted by Crippen LogP contribution is -2.33. The highest BCUT2D eigenvalue weighted by molar-refractivity contribution is 7.99. The third-order valence-electron chi connectivity index (χ3n) is 5.44. The number of ether oxygens (including phenoxy) is 1. The molecule has 4 rings (SSSR count). The monoisotopic (exact) mass is 470 g/mol. The Balaban J connectivity index is 1.41. The van der Waals surface area contributed by atoms with Gasteiger partial charge in [-0.3, -0.25) is 4.90 Å². The third-order valence-corrected chi connectivity index (χ3v) is 7.45. The van der Waals surface area contributed by atoms with Gasteiger partial charge in [0.05, 0.1) is 10.9 Å². The minimum Gasteiger partial charge on any atom is -0.476 e. The fourth-order valence-corrected chi connectivity index (χ4v) is 5.92. The lowest BCUT2D eigenvalue weighted by atomic mass is 10.1. The maximum atomic E-state index is 5.95. The van der Waals surface area contributed by atoms with E-state index < -0.39 is 0 Å². The third kappa shape index (κ3) is 5.96. The highest BCUT2D eigenvalue weighted by atomic mass is 32.2. The zero-order valence-corrected chi connectivity index (χ0v) is 20.5. The van der Waals surface area contributed by atoms with Crippen molar-refractivity contribution in [3.63, 3.8) is 0 Å². The van der Waals surface area contributed by atoms with Crippen LogP contribution in [0.4, 0.5) is 5.82 Å². The van der Waals surface area contributed by atoms with Crippen LogP contribution in [0.3, 0.4) is 0 Å². The van der Waals surface area contributed by atoms with Gasteiger partial charge in [-0.2, -0.15) is 0 Å². The van der Waals surface area contributed by atoms with Crippen molar-refractivity contribution in [1.29, 1.82) is 0 Å². The molecule has 1 unspecified atom stereocenters. The summed E-state index contributed by atoms with van der Waals surface area (Å²) in [6.07, 6.45) is 5.72. The number of aromatic nitrogens is 4. The first-order valence-electron chi connectivity index (χ1n) is 11.0. The highest BCUT2D eigenvalue weighted by Crippen LogP contribution is 2.38. The predicted octanol–water partition coefficient (Wildman–Crippen LogP) is 4.91. The first-order chi connectivity index (χ1) is 15.5. The summed E-state index contributed by atoms with van der Waals surface area (Å²) in [7, 11) is 0. The number of nitrogens with two attached hydrogens (primary N) is 1. The molecule has 9 heteroatoms. The molecule has 1 aliphatic heterocycles. The summed E-state index contributed by atoms with van der Waals surface area (Å²) in [5, 5.41) is 1.76. The van der Waals surface area contributed by atoms with Gasteiger partial charge < -0.3 is 10.5 Å². The maximum absolute atomic E-state index is 5.95. The second-order valence-corrected chi connectivity index (χ2v) is 10.6. The highest BCUT2D eigenvalue weighted by Gasteiger charge is 2.19. The second kappa shape index (κ2) is 10.6. The number of rotatable bonds is 8. The van der Waals surface area contributed by atoms with E-state index in [1.54, 1.807) is 35.4 Å². The Bertz CT molecular complexity index is 1030. The van der Waals surface area contributed by atoms with Crippen LogP contribution in [0.5, 0.6) is 5.88 Å². The number of likely N-dealkylation sites (tertiary alicyclic amines) is 1. The molecule has 0 saturated carbocycles. The average molecular weight is 471 g/mol. The van der Waals surface area contributed by atoms with E-state index in [-0.39, 0.29) is 5.25 Å². The number of piperidine rings is 1. The molecular formula is C23H30N6OS2. The van der Waals surface area contributed by atoms with E-state index >= 15 is 0 Å². The molecule has 0 amide bonds. The average Bonchev–Trinajstić information content (AvgIpc) is 3.16. The molecule has 2 N–H and O–H groups in total. The van der Waals surface area contributed by atoms with Gasteiger partial charge in [-0.05, 0) is 52.8 Å². The Kier molecular flexibility index (Phi) is 7.59. The van der Waals surface area contributed by atoms with E-state index in [9.17, 15) is 0 Å². The van der Waals surface area contributed by atoms with Crippen LogP contribution >= 0.6 is 23.1 Å². The molecule has 1 atom stereocenters. The van der Waals surface area contributed by atoms with E-state index in [1.165, 1.54) is 37.2 Å². The Morgan fingerprint density at radius 2 is 1.97 bits per heavy atom. The predicted molar refractivity (Wildman–Crippen MR) is 131 cm³/mol. The van der Waals surface area contributed by atoms with Crippen molar-refractivity contribution >= 4 is 28.9 Å². The normalized spacial score (nSPS) is 15.6. The van der Waals surface area contributed by atoms with Gasteiger partial charge >= 0.3 is 0 Å². The molecule has 3 aromatic rings. The van der Waals surface area contributed by atoms with Crippen molar-refractivity contribution in [2.75, 3.05) is 32.0 Å². The van der Waals surface area contributed by atoms with E-state index in [0.717, 1.165) is 28.5 Å². The van der Waals surface area contributed by atoms with Crippen LogP contribution in [-0.4, -0.2) is 51.1 Å². The number of pyridine rings is 1. The molecule has 32 heavy (non-hydrogen) atoms. The van der Waals surface area contributed by atoms with Crippen molar-refractivity contribution in [2.45, 2.75) is 50.4 Å². The van der Waals surface area contributed by atoms with Gasteiger partial charge in [-0.15, -0.1) is 11.3 Å². The topological polar surface area (TPSA) is 90.0 Å². The molecule has 7 nitrogen and oxygen atoms in total. The van der Waals surface area contributed by atoms with Gasteiger partial charge in [-0.1, -0.05) is 18.2 Å². The number of aryl methyl sites for hydroxylation is 2. The first kappa shape index (κ1) is 22.9. The Labute approximate surface area is 197 Å². The van der Waals surface area contributed by atoms with Crippen molar-refractivity contribution in [2.24, 2.45) is 0 Å². The van der Waals surface area contributed by atoms with Gasteiger partial charge in [0.2, 0.25) is 5.88 Å². The van der Waals surface area contributed by atoms with Crippen molar-refractivity contribution in [3.8, 4) is 16.5 Å². The molecule has 0 radical (unpaired) electrons. The molecule has 1 fully saturated rings. The number of nitrogens with zero attached hydrogens (tertiary/aromatic N) is 5. The van der Waals surface area contributed by atoms with Crippen LogP contribution in [0.25, 0.3) is 10.6 Å². The van der Waals surface area contributed by atoms with Crippen molar-refractivity contribution in [1.82, 2.24) is 24.8 Å². The Morgan fingerprint density at radius 3 is 2.75 bits per heavy atom. The molecule has 0 aromatic carbocycles. The number of hydrogen-bond acceptors (Lipinski definition) is 9. The molecule has 3 aromatic heterocycles. The van der Waals surface area contributed by atoms with Crippen LogP contribution in [0.15, 0.2) is 29.6 Å². The van der Waals surface area contributed by atoms with Gasteiger partial charge in [0.1, 0.15) is 17.4 Å². The van der Waals surface area contributed by atoms with E-state index in [2.05, 4.69) is 33.7 Å². The van der Waals surface area contributed by atoms with Crippen LogP contribution in [0.1, 0.15) is 47.7 Å². The zero-order valence-electron chi connectivity index (χ0n) is 18.9. The van der Waals surface area contributed by atoms with Gasteiger partial charge in [-0.25, -0.2) is 19.9 Å². The number of thiazole rings is 1. The molecule has 1 aliphatic rings. The zero-order chi connectivity index (χ0) is 22.5. The molecule has 0 spiro atoms. The van der Waals surface area contributed by atoms with Crippen molar-refractivity contribution in [3.05, 3.63) is 40.7 Å². The Hall–Kier alpha value is -2.23. The summed E-state index contributed by atoms with van der Waals surface area (Å²) in [6, 6.07) is 5.75. The lowest BCUT2D eigenvalue weighted by molar-refractivity contribution is 0.180. The van der Waals surface area contributed by atoms with Crippen molar-refractivity contribution < 1.29 is 4.74 Å². The molecule has 4 heterocycles. The van der Waals surface area contributed by atoms with Gasteiger partial charge in [0.25, 0.3) is 0 Å². The summed E-state index contributed by atoms with van der Waals surface area (Å²) in [5.74, 6) is 1.15. The number of nitrogen functional groups attached to an aromatic ring is 1. The number of thioether (sulfide) groups is 1. The van der Waals surface area contributed by atoms with Crippen LogP contribution in [-0.2, 0) is 0 Å². The number of anilines is 1. The van der Waals surface area contributed by atoms with E-state index in [4.69, 9.17) is 15.5 Å². The molecule has 0 aliphatic carbocycles. The standard InChI is InChI=1S/C23H30N6OS2/c1-15-13-19(24)27-23(26-15)32-17(3)21-16(2)31-22(28-21)18-7-8-25-20(14-18)30-12-11-29-9-5-4-6-10-29/h7-8,13-14,17H,4-6,9-12H2,1-3H3,(H2,24,26,27). The summed E-state index contributed by atoms with van der Waals surface area (Å²) < 4.78 is 5.95. The van der Waals surface area contributed by atoms with Gasteiger partial charge in [0, 0.05) is 41.0 Å². The van der Waals surface area contributed by atoms with Crippen LogP contribution < -0.4 is 10.5 Å². The van der Waals surface area contributed by atoms with E-state index in [1.807, 2.05) is 19.1 Å². The number of hydrogen-bond donors (Lipinski definition) is 1. The van der Waals surface area contributed by atoms with Crippen LogP contribution in [0.2, 0.25) is 0 Å². The smallest absolute Gasteiger partial charge is 0.213 e. The fourth-order valence-electron chi connectivity index (χ4n) is 3.82. The maximum Gasteiger partial charge on any atom is 0.213 e. The molecule has 1 saturated heterocycles. The molecule has 0 bridgehead atoms. The second-order valence-electron chi connectivity index (χ2n) is 8.07. The molecule has 170 valence electrons. The SMILES string of the molecule is Cc1cc(N)nc(SC(C)c2nc(-c3ccnc(OCCN4CCCCC4)c3)sc2C)n1.